The van der Waals surface area contributed by atoms with Crippen LogP contribution in [0.25, 0.3) is 0 Å². The van der Waals surface area contributed by atoms with Gasteiger partial charge in [0.2, 0.25) is 0 Å². The van der Waals surface area contributed by atoms with Crippen LogP contribution in [0.4, 0.5) is 0 Å². The molecule has 0 radical (unpaired) electrons. The molecule has 1 aromatic heterocycles. The van der Waals surface area contributed by atoms with E-state index in [0.717, 1.165) is 17.0 Å². The summed E-state index contributed by atoms with van der Waals surface area (Å²) < 4.78 is 5.28. The van der Waals surface area contributed by atoms with E-state index in [0.29, 0.717) is 13.2 Å². The van der Waals surface area contributed by atoms with E-state index in [1.807, 2.05) is 32.9 Å². The van der Waals surface area contributed by atoms with E-state index in [1.54, 1.807) is 0 Å². The molecule has 78 valence electrons. The minimum Gasteiger partial charge on any atom is -0.380 e. The highest BCUT2D eigenvalue weighted by Gasteiger charge is 2.06. The van der Waals surface area contributed by atoms with E-state index in [4.69, 9.17) is 10.5 Å². The molecule has 2 N–H and O–H groups in total. The Morgan fingerprint density at radius 1 is 1.36 bits per heavy atom. The van der Waals surface area contributed by atoms with Gasteiger partial charge in [0.05, 0.1) is 12.6 Å². The number of aromatic nitrogens is 1. The molecule has 0 spiro atoms. The van der Waals surface area contributed by atoms with Gasteiger partial charge >= 0.3 is 0 Å². The summed E-state index contributed by atoms with van der Waals surface area (Å²) in [5.74, 6) is 0. The standard InChI is InChI=1S/C11H18N2O/c1-4-14-7-11(12)10-5-8(2)13-9(3)6-10/h5-6,11H,4,7,12H2,1-3H3. The highest BCUT2D eigenvalue weighted by molar-refractivity contribution is 5.23. The van der Waals surface area contributed by atoms with E-state index in [9.17, 15) is 0 Å². The second-order valence-electron chi connectivity index (χ2n) is 3.45. The molecule has 1 unspecified atom stereocenters. The van der Waals surface area contributed by atoms with E-state index < -0.39 is 0 Å². The summed E-state index contributed by atoms with van der Waals surface area (Å²) in [7, 11) is 0. The number of hydrogen-bond acceptors (Lipinski definition) is 3. The maximum atomic E-state index is 5.97. The maximum Gasteiger partial charge on any atom is 0.0659 e. The Morgan fingerprint density at radius 2 is 1.93 bits per heavy atom. The smallest absolute Gasteiger partial charge is 0.0659 e. The summed E-state index contributed by atoms with van der Waals surface area (Å²) >= 11 is 0. The van der Waals surface area contributed by atoms with Gasteiger partial charge in [-0.2, -0.15) is 0 Å². The first-order valence-corrected chi connectivity index (χ1v) is 4.92. The van der Waals surface area contributed by atoms with Gasteiger partial charge in [0.25, 0.3) is 0 Å². The van der Waals surface area contributed by atoms with Gasteiger partial charge in [-0.15, -0.1) is 0 Å². The Hall–Kier alpha value is -0.930. The predicted molar refractivity (Wildman–Crippen MR) is 57.1 cm³/mol. The molecule has 0 aromatic carbocycles. The van der Waals surface area contributed by atoms with Gasteiger partial charge < -0.3 is 10.5 Å². The van der Waals surface area contributed by atoms with Gasteiger partial charge in [0.1, 0.15) is 0 Å². The second-order valence-corrected chi connectivity index (χ2v) is 3.45. The molecule has 0 bridgehead atoms. The number of aryl methyl sites for hydroxylation is 2. The minimum absolute atomic E-state index is 0.0460. The van der Waals surface area contributed by atoms with Crippen LogP contribution in [0.5, 0.6) is 0 Å². The quantitative estimate of drug-likeness (QED) is 0.794. The van der Waals surface area contributed by atoms with Gasteiger partial charge in [-0.3, -0.25) is 4.98 Å². The Labute approximate surface area is 85.3 Å². The van der Waals surface area contributed by atoms with Gasteiger partial charge in [0.15, 0.2) is 0 Å². The lowest BCUT2D eigenvalue weighted by Gasteiger charge is -2.12. The Morgan fingerprint density at radius 3 is 2.43 bits per heavy atom. The SMILES string of the molecule is CCOCC(N)c1cc(C)nc(C)c1. The van der Waals surface area contributed by atoms with Crippen LogP contribution in [0.3, 0.4) is 0 Å². The molecule has 0 aliphatic rings. The second kappa shape index (κ2) is 5.08. The highest BCUT2D eigenvalue weighted by atomic mass is 16.5. The zero-order valence-electron chi connectivity index (χ0n) is 9.08. The summed E-state index contributed by atoms with van der Waals surface area (Å²) in [5, 5.41) is 0. The van der Waals surface area contributed by atoms with Crippen molar-refractivity contribution in [2.45, 2.75) is 26.8 Å². The fourth-order valence-electron chi connectivity index (χ4n) is 1.42. The van der Waals surface area contributed by atoms with Crippen molar-refractivity contribution < 1.29 is 4.74 Å². The van der Waals surface area contributed by atoms with Crippen molar-refractivity contribution in [3.63, 3.8) is 0 Å². The van der Waals surface area contributed by atoms with Crippen LogP contribution in [0.15, 0.2) is 12.1 Å². The normalized spacial score (nSPS) is 12.9. The van der Waals surface area contributed by atoms with Crippen molar-refractivity contribution in [1.82, 2.24) is 4.98 Å². The first-order valence-electron chi connectivity index (χ1n) is 4.92. The summed E-state index contributed by atoms with van der Waals surface area (Å²) in [6.07, 6.45) is 0. The van der Waals surface area contributed by atoms with Crippen molar-refractivity contribution in [2.75, 3.05) is 13.2 Å². The van der Waals surface area contributed by atoms with Gasteiger partial charge in [-0.25, -0.2) is 0 Å². The molecule has 0 aliphatic carbocycles. The summed E-state index contributed by atoms with van der Waals surface area (Å²) in [5.41, 5.74) is 9.08. The lowest BCUT2D eigenvalue weighted by Crippen LogP contribution is -2.17. The molecule has 0 fully saturated rings. The topological polar surface area (TPSA) is 48.1 Å². The Balaban J connectivity index is 2.73. The molecular weight excluding hydrogens is 176 g/mol. The van der Waals surface area contributed by atoms with Gasteiger partial charge in [-0.1, -0.05) is 0 Å². The predicted octanol–water partition coefficient (Wildman–Crippen LogP) is 1.73. The molecule has 3 heteroatoms. The van der Waals surface area contributed by atoms with Gasteiger partial charge in [0, 0.05) is 18.0 Å². The third kappa shape index (κ3) is 3.09. The average molecular weight is 194 g/mol. The number of rotatable bonds is 4. The minimum atomic E-state index is -0.0460. The number of hydrogen-bond donors (Lipinski definition) is 1. The van der Waals surface area contributed by atoms with Crippen molar-refractivity contribution in [2.24, 2.45) is 5.73 Å². The molecule has 0 amide bonds. The third-order valence-electron chi connectivity index (χ3n) is 2.03. The van der Waals surface area contributed by atoms with Crippen molar-refractivity contribution in [1.29, 1.82) is 0 Å². The van der Waals surface area contributed by atoms with E-state index in [2.05, 4.69) is 4.98 Å². The molecule has 0 aliphatic heterocycles. The monoisotopic (exact) mass is 194 g/mol. The number of ether oxygens (including phenoxy) is 1. The van der Waals surface area contributed by atoms with Crippen molar-refractivity contribution in [3.05, 3.63) is 29.1 Å². The fourth-order valence-corrected chi connectivity index (χ4v) is 1.42. The molecule has 3 nitrogen and oxygen atoms in total. The molecular formula is C11H18N2O. The fraction of sp³-hybridized carbons (Fsp3) is 0.545. The molecule has 1 heterocycles. The molecule has 0 saturated heterocycles. The molecule has 1 rings (SSSR count). The lowest BCUT2D eigenvalue weighted by atomic mass is 10.1. The molecule has 0 saturated carbocycles. The van der Waals surface area contributed by atoms with Crippen molar-refractivity contribution in [3.8, 4) is 0 Å². The lowest BCUT2D eigenvalue weighted by molar-refractivity contribution is 0.133. The number of pyridine rings is 1. The first kappa shape index (κ1) is 11.1. The van der Waals surface area contributed by atoms with Crippen LogP contribution in [0, 0.1) is 13.8 Å². The first-order chi connectivity index (χ1) is 6.63. The van der Waals surface area contributed by atoms with E-state index in [1.165, 1.54) is 0 Å². The van der Waals surface area contributed by atoms with E-state index in [-0.39, 0.29) is 6.04 Å². The van der Waals surface area contributed by atoms with Crippen LogP contribution in [-0.4, -0.2) is 18.2 Å². The zero-order chi connectivity index (χ0) is 10.6. The molecule has 14 heavy (non-hydrogen) atoms. The summed E-state index contributed by atoms with van der Waals surface area (Å²) in [4.78, 5) is 4.30. The van der Waals surface area contributed by atoms with Crippen LogP contribution in [-0.2, 0) is 4.74 Å². The number of nitrogens with zero attached hydrogens (tertiary/aromatic N) is 1. The van der Waals surface area contributed by atoms with Crippen LogP contribution in [0.1, 0.15) is 29.9 Å². The molecule has 1 atom stereocenters. The van der Waals surface area contributed by atoms with Crippen LogP contribution < -0.4 is 5.73 Å². The van der Waals surface area contributed by atoms with Gasteiger partial charge in [-0.05, 0) is 38.5 Å². The summed E-state index contributed by atoms with van der Waals surface area (Å²) in [6, 6.07) is 3.98. The zero-order valence-corrected chi connectivity index (χ0v) is 9.08. The summed E-state index contributed by atoms with van der Waals surface area (Å²) in [6.45, 7) is 7.19. The van der Waals surface area contributed by atoms with Crippen molar-refractivity contribution >= 4 is 0 Å². The molecule has 1 aromatic rings. The largest absolute Gasteiger partial charge is 0.380 e. The third-order valence-corrected chi connectivity index (χ3v) is 2.03. The Bertz CT molecular complexity index is 279. The average Bonchev–Trinajstić information content (AvgIpc) is 2.12. The highest BCUT2D eigenvalue weighted by Crippen LogP contribution is 2.12. The maximum absolute atomic E-state index is 5.97. The van der Waals surface area contributed by atoms with Crippen LogP contribution >= 0.6 is 0 Å². The van der Waals surface area contributed by atoms with E-state index >= 15 is 0 Å². The Kier molecular flexibility index (Phi) is 4.04. The van der Waals surface area contributed by atoms with Crippen LogP contribution in [0.2, 0.25) is 0 Å². The number of nitrogens with two attached hydrogens (primary N) is 1.